The number of piperidine rings is 1. The van der Waals surface area contributed by atoms with Gasteiger partial charge in [0.15, 0.2) is 0 Å². The number of nitrogens with one attached hydrogen (secondary N) is 1. The van der Waals surface area contributed by atoms with Crippen LogP contribution in [0.3, 0.4) is 0 Å². The normalized spacial score (nSPS) is 25.7. The Morgan fingerprint density at radius 1 is 1.29 bits per heavy atom. The van der Waals surface area contributed by atoms with E-state index in [0.717, 1.165) is 45.1 Å². The van der Waals surface area contributed by atoms with E-state index in [4.69, 9.17) is 5.73 Å². The first-order valence-corrected chi connectivity index (χ1v) is 7.99. The van der Waals surface area contributed by atoms with Gasteiger partial charge in [-0.1, -0.05) is 12.8 Å². The number of rotatable bonds is 6. The number of amides is 2. The summed E-state index contributed by atoms with van der Waals surface area (Å²) in [6.07, 6.45) is 6.25. The molecule has 0 aromatic carbocycles. The lowest BCUT2D eigenvalue weighted by Crippen LogP contribution is -2.46. The summed E-state index contributed by atoms with van der Waals surface area (Å²) in [5.74, 6) is -0.387. The predicted octanol–water partition coefficient (Wildman–Crippen LogP) is -0.00490. The summed E-state index contributed by atoms with van der Waals surface area (Å²) in [5.41, 5.74) is 4.63. The number of hydrogen-bond acceptors (Lipinski definition) is 4. The molecule has 1 unspecified atom stereocenters. The topological polar surface area (TPSA) is 95.7 Å². The van der Waals surface area contributed by atoms with Crippen molar-refractivity contribution in [3.05, 3.63) is 0 Å². The Hall–Kier alpha value is -1.14. The predicted molar refractivity (Wildman–Crippen MR) is 79.4 cm³/mol. The van der Waals surface area contributed by atoms with Gasteiger partial charge in [0.2, 0.25) is 11.8 Å². The second-order valence-electron chi connectivity index (χ2n) is 6.51. The monoisotopic (exact) mass is 297 g/mol. The van der Waals surface area contributed by atoms with Gasteiger partial charge in [-0.3, -0.25) is 14.5 Å². The maximum atomic E-state index is 12.2. The van der Waals surface area contributed by atoms with Crippen molar-refractivity contribution >= 4 is 11.8 Å². The molecule has 0 aromatic heterocycles. The van der Waals surface area contributed by atoms with Gasteiger partial charge in [-0.05, 0) is 38.6 Å². The van der Waals surface area contributed by atoms with E-state index >= 15 is 0 Å². The molecule has 0 aromatic rings. The Balaban J connectivity index is 1.71. The second kappa shape index (κ2) is 7.22. The van der Waals surface area contributed by atoms with Crippen LogP contribution >= 0.6 is 0 Å². The third-order valence-electron chi connectivity index (χ3n) is 4.68. The van der Waals surface area contributed by atoms with Crippen LogP contribution in [0, 0.1) is 5.92 Å². The maximum Gasteiger partial charge on any atom is 0.231 e. The van der Waals surface area contributed by atoms with Crippen molar-refractivity contribution in [2.24, 2.45) is 11.7 Å². The van der Waals surface area contributed by atoms with Gasteiger partial charge in [-0.2, -0.15) is 0 Å². The van der Waals surface area contributed by atoms with Crippen LogP contribution in [0.4, 0.5) is 0 Å². The fourth-order valence-electron chi connectivity index (χ4n) is 3.48. The van der Waals surface area contributed by atoms with Crippen molar-refractivity contribution in [1.29, 1.82) is 0 Å². The number of nitrogens with zero attached hydrogens (tertiary/aromatic N) is 1. The van der Waals surface area contributed by atoms with Crippen LogP contribution in [-0.2, 0) is 9.59 Å². The van der Waals surface area contributed by atoms with Crippen LogP contribution in [0.15, 0.2) is 0 Å². The minimum Gasteiger partial charge on any atom is -0.390 e. The van der Waals surface area contributed by atoms with Crippen LogP contribution in [0.1, 0.15) is 44.9 Å². The zero-order valence-corrected chi connectivity index (χ0v) is 12.6. The van der Waals surface area contributed by atoms with E-state index < -0.39 is 5.60 Å². The highest BCUT2D eigenvalue weighted by atomic mass is 16.3. The van der Waals surface area contributed by atoms with Crippen molar-refractivity contribution in [2.45, 2.75) is 50.5 Å². The summed E-state index contributed by atoms with van der Waals surface area (Å²) < 4.78 is 0. The highest BCUT2D eigenvalue weighted by molar-refractivity contribution is 5.79. The summed E-state index contributed by atoms with van der Waals surface area (Å²) in [4.78, 5) is 25.1. The Morgan fingerprint density at radius 2 is 2.00 bits per heavy atom. The van der Waals surface area contributed by atoms with Crippen molar-refractivity contribution < 1.29 is 14.7 Å². The summed E-state index contributed by atoms with van der Waals surface area (Å²) in [6, 6.07) is 0. The zero-order valence-electron chi connectivity index (χ0n) is 12.6. The Morgan fingerprint density at radius 3 is 2.67 bits per heavy atom. The molecule has 6 heteroatoms. The van der Waals surface area contributed by atoms with Crippen molar-refractivity contribution in [3.63, 3.8) is 0 Å². The van der Waals surface area contributed by atoms with E-state index in [1.165, 1.54) is 0 Å². The van der Waals surface area contributed by atoms with E-state index in [-0.39, 0.29) is 24.3 Å². The third kappa shape index (κ3) is 4.97. The number of hydrogen-bond donors (Lipinski definition) is 3. The first kappa shape index (κ1) is 16.2. The molecular formula is C15H27N3O3. The molecule has 21 heavy (non-hydrogen) atoms. The third-order valence-corrected chi connectivity index (χ3v) is 4.68. The number of aliphatic hydroxyl groups is 1. The van der Waals surface area contributed by atoms with Gasteiger partial charge in [0.05, 0.1) is 18.1 Å². The largest absolute Gasteiger partial charge is 0.390 e. The molecule has 0 spiro atoms. The Kier molecular flexibility index (Phi) is 5.58. The molecule has 4 N–H and O–H groups in total. The fraction of sp³-hybridized carbons (Fsp3) is 0.867. The van der Waals surface area contributed by atoms with Gasteiger partial charge in [-0.25, -0.2) is 0 Å². The lowest BCUT2D eigenvalue weighted by atomic mass is 9.96. The first-order chi connectivity index (χ1) is 9.98. The van der Waals surface area contributed by atoms with E-state index in [2.05, 4.69) is 5.32 Å². The number of likely N-dealkylation sites (tertiary alicyclic amines) is 1. The standard InChI is InChI=1S/C15H27N3O3/c16-13(19)11-18-9-3-4-12(10-18)14(20)17-8-7-15(21)5-1-2-6-15/h12,21H,1-11H2,(H2,16,19)(H,17,20). The summed E-state index contributed by atoms with van der Waals surface area (Å²) in [7, 11) is 0. The van der Waals surface area contributed by atoms with Crippen LogP contribution in [0.2, 0.25) is 0 Å². The van der Waals surface area contributed by atoms with Gasteiger partial charge in [0.1, 0.15) is 0 Å². The van der Waals surface area contributed by atoms with Crippen LogP contribution in [0.5, 0.6) is 0 Å². The molecule has 1 saturated heterocycles. The molecule has 6 nitrogen and oxygen atoms in total. The smallest absolute Gasteiger partial charge is 0.231 e. The molecule has 1 aliphatic carbocycles. The fourth-order valence-corrected chi connectivity index (χ4v) is 3.48. The molecule has 2 rings (SSSR count). The molecule has 2 amide bonds. The second-order valence-corrected chi connectivity index (χ2v) is 6.51. The number of primary amides is 1. The molecule has 1 aliphatic heterocycles. The van der Waals surface area contributed by atoms with Crippen LogP contribution in [0.25, 0.3) is 0 Å². The van der Waals surface area contributed by atoms with Gasteiger partial charge in [-0.15, -0.1) is 0 Å². The van der Waals surface area contributed by atoms with Crippen LogP contribution < -0.4 is 11.1 Å². The molecule has 2 fully saturated rings. The minimum atomic E-state index is -0.572. The van der Waals surface area contributed by atoms with E-state index in [9.17, 15) is 14.7 Å². The lowest BCUT2D eigenvalue weighted by molar-refractivity contribution is -0.128. The molecule has 1 atom stereocenters. The van der Waals surface area contributed by atoms with Gasteiger partial charge in [0, 0.05) is 13.1 Å². The SMILES string of the molecule is NC(=O)CN1CCCC(C(=O)NCCC2(O)CCCC2)C1. The van der Waals surface area contributed by atoms with E-state index in [1.807, 2.05) is 4.90 Å². The molecule has 0 radical (unpaired) electrons. The molecule has 120 valence electrons. The first-order valence-electron chi connectivity index (χ1n) is 7.99. The average Bonchev–Trinajstić information content (AvgIpc) is 2.85. The summed E-state index contributed by atoms with van der Waals surface area (Å²) >= 11 is 0. The van der Waals surface area contributed by atoms with Crippen molar-refractivity contribution in [2.75, 3.05) is 26.2 Å². The summed E-state index contributed by atoms with van der Waals surface area (Å²) in [6.45, 7) is 2.18. The van der Waals surface area contributed by atoms with Crippen molar-refractivity contribution in [3.8, 4) is 0 Å². The molecule has 1 saturated carbocycles. The average molecular weight is 297 g/mol. The lowest BCUT2D eigenvalue weighted by Gasteiger charge is -2.31. The molecule has 1 heterocycles. The number of carbonyl (C=O) groups excluding carboxylic acids is 2. The maximum absolute atomic E-state index is 12.2. The highest BCUT2D eigenvalue weighted by Crippen LogP contribution is 2.31. The molecule has 2 aliphatic rings. The van der Waals surface area contributed by atoms with Gasteiger partial charge >= 0.3 is 0 Å². The Labute approximate surface area is 126 Å². The molecule has 0 bridgehead atoms. The summed E-state index contributed by atoms with van der Waals surface area (Å²) in [5, 5.41) is 13.2. The molecular weight excluding hydrogens is 270 g/mol. The Bertz CT molecular complexity index is 380. The zero-order chi connectivity index (χ0) is 15.3. The number of nitrogens with two attached hydrogens (primary N) is 1. The quantitative estimate of drug-likeness (QED) is 0.643. The van der Waals surface area contributed by atoms with Crippen molar-refractivity contribution in [1.82, 2.24) is 10.2 Å². The van der Waals surface area contributed by atoms with Gasteiger partial charge in [0.25, 0.3) is 0 Å². The minimum absolute atomic E-state index is 0.0331. The van der Waals surface area contributed by atoms with Crippen LogP contribution in [-0.4, -0.2) is 53.6 Å². The van der Waals surface area contributed by atoms with Gasteiger partial charge < -0.3 is 16.2 Å². The van der Waals surface area contributed by atoms with E-state index in [0.29, 0.717) is 19.5 Å². The number of carbonyl (C=O) groups is 2. The van der Waals surface area contributed by atoms with E-state index in [1.54, 1.807) is 0 Å². The highest BCUT2D eigenvalue weighted by Gasteiger charge is 2.31.